The SMILES string of the molecule is CCCNC(CCOCCOC)C1CCc2cccnc21. The molecule has 1 heterocycles. The molecular formula is C17H28N2O2. The number of nitrogens with zero attached hydrogens (tertiary/aromatic N) is 1. The van der Waals surface area contributed by atoms with Crippen molar-refractivity contribution in [2.45, 2.75) is 44.6 Å². The Morgan fingerprint density at radius 1 is 1.38 bits per heavy atom. The largest absolute Gasteiger partial charge is 0.382 e. The molecule has 2 atom stereocenters. The first kappa shape index (κ1) is 16.4. The maximum atomic E-state index is 5.65. The molecule has 1 aliphatic rings. The Labute approximate surface area is 128 Å². The second kappa shape index (κ2) is 9.13. The number of hydrogen-bond acceptors (Lipinski definition) is 4. The summed E-state index contributed by atoms with van der Waals surface area (Å²) in [5, 5.41) is 3.69. The standard InChI is InChI=1S/C17H28N2O2/c1-3-9-18-16(8-11-21-13-12-20-2)15-7-6-14-5-4-10-19-17(14)15/h4-5,10,15-16,18H,3,6-9,11-13H2,1-2H3. The average molecular weight is 292 g/mol. The molecule has 0 aromatic carbocycles. The normalized spacial score (nSPS) is 18.7. The van der Waals surface area contributed by atoms with E-state index >= 15 is 0 Å². The highest BCUT2D eigenvalue weighted by Crippen LogP contribution is 2.34. The third-order valence-corrected chi connectivity index (χ3v) is 4.15. The van der Waals surface area contributed by atoms with E-state index in [-0.39, 0.29) is 0 Å². The van der Waals surface area contributed by atoms with Gasteiger partial charge in [0, 0.05) is 37.6 Å². The lowest BCUT2D eigenvalue weighted by atomic mass is 9.94. The van der Waals surface area contributed by atoms with Gasteiger partial charge in [-0.1, -0.05) is 13.0 Å². The van der Waals surface area contributed by atoms with Crippen LogP contribution in [0.3, 0.4) is 0 Å². The summed E-state index contributed by atoms with van der Waals surface area (Å²) in [5.41, 5.74) is 2.72. The van der Waals surface area contributed by atoms with Gasteiger partial charge in [-0.2, -0.15) is 0 Å². The van der Waals surface area contributed by atoms with Gasteiger partial charge in [0.05, 0.1) is 13.2 Å². The topological polar surface area (TPSA) is 43.4 Å². The number of hydrogen-bond donors (Lipinski definition) is 1. The molecular weight excluding hydrogens is 264 g/mol. The molecule has 2 unspecified atom stereocenters. The quantitative estimate of drug-likeness (QED) is 0.673. The van der Waals surface area contributed by atoms with Crippen molar-refractivity contribution in [1.82, 2.24) is 10.3 Å². The van der Waals surface area contributed by atoms with Crippen molar-refractivity contribution in [2.24, 2.45) is 0 Å². The number of aromatic nitrogens is 1. The summed E-state index contributed by atoms with van der Waals surface area (Å²) in [6, 6.07) is 4.72. The first-order chi connectivity index (χ1) is 10.4. The lowest BCUT2D eigenvalue weighted by Gasteiger charge is -2.25. The van der Waals surface area contributed by atoms with E-state index in [2.05, 4.69) is 23.3 Å². The van der Waals surface area contributed by atoms with Crippen molar-refractivity contribution in [2.75, 3.05) is 33.5 Å². The molecule has 1 aromatic heterocycles. The van der Waals surface area contributed by atoms with E-state index < -0.39 is 0 Å². The van der Waals surface area contributed by atoms with Crippen LogP contribution in [0.4, 0.5) is 0 Å². The van der Waals surface area contributed by atoms with Crippen LogP contribution in [-0.2, 0) is 15.9 Å². The van der Waals surface area contributed by atoms with E-state index in [9.17, 15) is 0 Å². The highest BCUT2D eigenvalue weighted by atomic mass is 16.5. The van der Waals surface area contributed by atoms with Gasteiger partial charge >= 0.3 is 0 Å². The molecule has 21 heavy (non-hydrogen) atoms. The first-order valence-corrected chi connectivity index (χ1v) is 8.10. The summed E-state index contributed by atoms with van der Waals surface area (Å²) >= 11 is 0. The molecule has 0 aliphatic heterocycles. The molecule has 0 amide bonds. The van der Waals surface area contributed by atoms with Crippen LogP contribution >= 0.6 is 0 Å². The van der Waals surface area contributed by atoms with E-state index in [1.807, 2.05) is 12.3 Å². The van der Waals surface area contributed by atoms with Gasteiger partial charge in [0.25, 0.3) is 0 Å². The Hall–Kier alpha value is -0.970. The molecule has 1 N–H and O–H groups in total. The number of methoxy groups -OCH3 is 1. The average Bonchev–Trinajstić information content (AvgIpc) is 2.94. The van der Waals surface area contributed by atoms with Gasteiger partial charge in [0.1, 0.15) is 0 Å². The van der Waals surface area contributed by atoms with E-state index in [0.29, 0.717) is 25.2 Å². The lowest BCUT2D eigenvalue weighted by Crippen LogP contribution is -2.36. The molecule has 4 nitrogen and oxygen atoms in total. The van der Waals surface area contributed by atoms with Gasteiger partial charge in [-0.25, -0.2) is 0 Å². The summed E-state index contributed by atoms with van der Waals surface area (Å²) in [4.78, 5) is 4.63. The first-order valence-electron chi connectivity index (χ1n) is 8.10. The van der Waals surface area contributed by atoms with Crippen molar-refractivity contribution >= 4 is 0 Å². The molecule has 0 fully saturated rings. The van der Waals surface area contributed by atoms with E-state index in [4.69, 9.17) is 9.47 Å². The third-order valence-electron chi connectivity index (χ3n) is 4.15. The van der Waals surface area contributed by atoms with Crippen LogP contribution in [0.5, 0.6) is 0 Å². The Morgan fingerprint density at radius 3 is 3.10 bits per heavy atom. The van der Waals surface area contributed by atoms with Gasteiger partial charge in [-0.3, -0.25) is 4.98 Å². The van der Waals surface area contributed by atoms with Crippen LogP contribution in [0.15, 0.2) is 18.3 Å². The Morgan fingerprint density at radius 2 is 2.29 bits per heavy atom. The summed E-state index contributed by atoms with van der Waals surface area (Å²) in [5.74, 6) is 0.527. The third kappa shape index (κ3) is 4.77. The number of ether oxygens (including phenoxy) is 2. The van der Waals surface area contributed by atoms with E-state index in [0.717, 1.165) is 32.4 Å². The lowest BCUT2D eigenvalue weighted by molar-refractivity contribution is 0.0645. The van der Waals surface area contributed by atoms with Crippen molar-refractivity contribution in [3.05, 3.63) is 29.6 Å². The van der Waals surface area contributed by atoms with Crippen LogP contribution < -0.4 is 5.32 Å². The van der Waals surface area contributed by atoms with Crippen molar-refractivity contribution in [3.63, 3.8) is 0 Å². The van der Waals surface area contributed by atoms with Crippen LogP contribution in [0, 0.1) is 0 Å². The number of rotatable bonds is 10. The Kier molecular flexibility index (Phi) is 7.13. The van der Waals surface area contributed by atoms with Crippen molar-refractivity contribution in [1.29, 1.82) is 0 Å². The van der Waals surface area contributed by atoms with Gasteiger partial charge in [0.15, 0.2) is 0 Å². The molecule has 1 aliphatic carbocycles. The zero-order chi connectivity index (χ0) is 14.9. The van der Waals surface area contributed by atoms with E-state index in [1.165, 1.54) is 17.7 Å². The number of pyridine rings is 1. The molecule has 0 radical (unpaired) electrons. The smallest absolute Gasteiger partial charge is 0.0700 e. The summed E-state index contributed by atoms with van der Waals surface area (Å²) < 4.78 is 10.7. The van der Waals surface area contributed by atoms with Gasteiger partial charge in [-0.15, -0.1) is 0 Å². The minimum Gasteiger partial charge on any atom is -0.382 e. The van der Waals surface area contributed by atoms with Crippen LogP contribution in [-0.4, -0.2) is 44.5 Å². The van der Waals surface area contributed by atoms with Crippen LogP contribution in [0.2, 0.25) is 0 Å². The monoisotopic (exact) mass is 292 g/mol. The summed E-state index contributed by atoms with van der Waals surface area (Å²) in [6.45, 7) is 5.39. The predicted molar refractivity (Wildman–Crippen MR) is 84.7 cm³/mol. The molecule has 0 saturated heterocycles. The minimum atomic E-state index is 0.462. The van der Waals surface area contributed by atoms with Gasteiger partial charge in [-0.05, 0) is 43.9 Å². The fraction of sp³-hybridized carbons (Fsp3) is 0.706. The fourth-order valence-electron chi connectivity index (χ4n) is 3.07. The fourth-order valence-corrected chi connectivity index (χ4v) is 3.07. The Bertz CT molecular complexity index is 412. The summed E-state index contributed by atoms with van der Waals surface area (Å²) in [7, 11) is 1.70. The predicted octanol–water partition coefficient (Wildman–Crippen LogP) is 2.53. The van der Waals surface area contributed by atoms with Crippen LogP contribution in [0.1, 0.15) is 43.4 Å². The zero-order valence-electron chi connectivity index (χ0n) is 13.3. The maximum absolute atomic E-state index is 5.65. The minimum absolute atomic E-state index is 0.462. The van der Waals surface area contributed by atoms with Crippen molar-refractivity contribution < 1.29 is 9.47 Å². The van der Waals surface area contributed by atoms with Crippen molar-refractivity contribution in [3.8, 4) is 0 Å². The summed E-state index contributed by atoms with van der Waals surface area (Å²) in [6.07, 6.45) is 6.46. The Balaban J connectivity index is 1.90. The van der Waals surface area contributed by atoms with Crippen LogP contribution in [0.25, 0.3) is 0 Å². The number of aryl methyl sites for hydroxylation is 1. The number of fused-ring (bicyclic) bond motifs is 1. The molecule has 0 spiro atoms. The maximum Gasteiger partial charge on any atom is 0.0700 e. The highest BCUT2D eigenvalue weighted by molar-refractivity contribution is 5.29. The number of nitrogens with one attached hydrogen (secondary N) is 1. The second-order valence-corrected chi connectivity index (χ2v) is 5.65. The molecule has 0 saturated carbocycles. The molecule has 4 heteroatoms. The molecule has 118 valence electrons. The van der Waals surface area contributed by atoms with E-state index in [1.54, 1.807) is 7.11 Å². The molecule has 2 rings (SSSR count). The van der Waals surface area contributed by atoms with Gasteiger partial charge < -0.3 is 14.8 Å². The zero-order valence-corrected chi connectivity index (χ0v) is 13.3. The molecule has 0 bridgehead atoms. The highest BCUT2D eigenvalue weighted by Gasteiger charge is 2.30. The van der Waals surface area contributed by atoms with Gasteiger partial charge in [0.2, 0.25) is 0 Å². The molecule has 1 aromatic rings. The second-order valence-electron chi connectivity index (χ2n) is 5.65.